The van der Waals surface area contributed by atoms with Gasteiger partial charge >= 0.3 is 114 Å². The van der Waals surface area contributed by atoms with Crippen LogP contribution < -0.4 is 113 Å². The van der Waals surface area contributed by atoms with Crippen molar-refractivity contribution >= 4 is 127 Å². The molecular formula is C25H13Br4F3I2K2N2O9. The van der Waals surface area contributed by atoms with E-state index < -0.39 is 38.7 Å². The molecule has 0 saturated heterocycles. The zero-order valence-electron chi connectivity index (χ0n) is 24.4. The van der Waals surface area contributed by atoms with E-state index in [1.807, 2.05) is 28.7 Å². The van der Waals surface area contributed by atoms with Crippen LogP contribution in [0.3, 0.4) is 0 Å². The third kappa shape index (κ3) is 18.5. The van der Waals surface area contributed by atoms with E-state index in [0.29, 0.717) is 16.0 Å². The molecule has 1 N–H and O–H groups in total. The Hall–Kier alpha value is 1.15. The molecule has 0 amide bonds. The molecule has 242 valence electrons. The molecule has 0 bridgehead atoms. The molecule has 0 aliphatic heterocycles. The number of ether oxygens (including phenoxy) is 1. The van der Waals surface area contributed by atoms with Crippen molar-refractivity contribution in [1.29, 1.82) is 0 Å². The first-order chi connectivity index (χ1) is 21.0. The van der Waals surface area contributed by atoms with Crippen LogP contribution in [-0.4, -0.2) is 21.4 Å². The summed E-state index contributed by atoms with van der Waals surface area (Å²) in [5.74, 6) is -2.74. The number of nitro benzene ring substituents is 2. The first-order valence-electron chi connectivity index (χ1n) is 10.9. The van der Waals surface area contributed by atoms with Crippen molar-refractivity contribution in [2.45, 2.75) is 0 Å². The van der Waals surface area contributed by atoms with Gasteiger partial charge in [0.15, 0.2) is 0 Å². The van der Waals surface area contributed by atoms with Crippen LogP contribution in [0.4, 0.5) is 24.5 Å². The molecule has 0 atom stereocenters. The van der Waals surface area contributed by atoms with E-state index in [9.17, 15) is 33.4 Å². The summed E-state index contributed by atoms with van der Waals surface area (Å²) in [5.41, 5.74) is -1.81. The minimum atomic E-state index is -1.19. The van der Waals surface area contributed by atoms with Gasteiger partial charge in [0.25, 0.3) is 6.47 Å². The van der Waals surface area contributed by atoms with Crippen molar-refractivity contribution in [2.75, 3.05) is 0 Å². The summed E-state index contributed by atoms with van der Waals surface area (Å²) in [6, 6.07) is 14.5. The molecule has 0 aliphatic carbocycles. The van der Waals surface area contributed by atoms with Crippen molar-refractivity contribution in [3.8, 4) is 17.2 Å². The number of carbonyl (C=O) groups is 1. The summed E-state index contributed by atoms with van der Waals surface area (Å²) in [7, 11) is 0. The summed E-state index contributed by atoms with van der Waals surface area (Å²) in [6.45, 7) is -0.181. The zero-order chi connectivity index (χ0) is 34.4. The molecule has 0 radical (unpaired) electrons. The SMILES string of the molecule is O=CO[O-].O=[N+]([O-])c1c(F)cc(Br)cc1F.O=[N+]([O-])c1c(F)cc(Br)cc1Oc1ccc(Br)cc1I.Oc1ccc(Br)cc1I.[H-].[K+].[K+]. The number of phenols is 1. The van der Waals surface area contributed by atoms with Crippen LogP contribution in [0.2, 0.25) is 0 Å². The topological polar surface area (TPSA) is 165 Å². The second-order valence-corrected chi connectivity index (χ2v) is 13.4. The Labute approximate surface area is 411 Å². The van der Waals surface area contributed by atoms with Gasteiger partial charge < -0.3 is 21.4 Å². The van der Waals surface area contributed by atoms with E-state index in [0.717, 1.165) is 34.3 Å². The molecule has 0 unspecified atom stereocenters. The monoisotopic (exact) mass is 1190 g/mol. The third-order valence-corrected chi connectivity index (χ3v) is 8.01. The van der Waals surface area contributed by atoms with Crippen molar-refractivity contribution in [1.82, 2.24) is 0 Å². The molecule has 0 aromatic heterocycles. The van der Waals surface area contributed by atoms with Crippen LogP contribution in [-0.2, 0) is 9.68 Å². The molecule has 22 heteroatoms. The largest absolute Gasteiger partial charge is 1.00 e. The van der Waals surface area contributed by atoms with E-state index in [1.165, 1.54) is 6.07 Å². The second-order valence-electron chi connectivity index (χ2n) is 7.43. The van der Waals surface area contributed by atoms with Crippen LogP contribution >= 0.6 is 109 Å². The van der Waals surface area contributed by atoms with E-state index in [4.69, 9.17) is 19.9 Å². The number of hydrogen-bond donors (Lipinski definition) is 1. The van der Waals surface area contributed by atoms with Gasteiger partial charge in [-0.1, -0.05) is 63.7 Å². The Balaban J connectivity index is -0.000000622. The number of phenolic OH excluding ortho intramolecular Hbond substituents is 1. The Morgan fingerprint density at radius 1 is 0.702 bits per heavy atom. The first-order valence-corrected chi connectivity index (χ1v) is 16.3. The molecule has 0 saturated carbocycles. The summed E-state index contributed by atoms with van der Waals surface area (Å²) in [5, 5.41) is 38.5. The number of nitrogens with zero attached hydrogens (tertiary/aromatic N) is 2. The average Bonchev–Trinajstić information content (AvgIpc) is 2.92. The maximum atomic E-state index is 13.7. The van der Waals surface area contributed by atoms with E-state index in [-0.39, 0.29) is 121 Å². The third-order valence-electron chi connectivity index (χ3n) is 4.40. The maximum absolute atomic E-state index is 13.7. The van der Waals surface area contributed by atoms with Gasteiger partial charge in [0.1, 0.15) is 11.5 Å². The Morgan fingerprint density at radius 2 is 1.11 bits per heavy atom. The van der Waals surface area contributed by atoms with Gasteiger partial charge in [0.2, 0.25) is 23.2 Å². The Morgan fingerprint density at radius 3 is 1.49 bits per heavy atom. The average molecular weight is 1190 g/mol. The van der Waals surface area contributed by atoms with Crippen molar-refractivity contribution in [3.63, 3.8) is 0 Å². The van der Waals surface area contributed by atoms with E-state index >= 15 is 0 Å². The minimum Gasteiger partial charge on any atom is -1.00 e. The van der Waals surface area contributed by atoms with E-state index in [1.54, 1.807) is 30.3 Å². The second kappa shape index (κ2) is 26.0. The van der Waals surface area contributed by atoms with E-state index in [2.05, 4.69) is 91.2 Å². The molecule has 4 aromatic rings. The molecule has 0 heterocycles. The fourth-order valence-electron chi connectivity index (χ4n) is 2.66. The van der Waals surface area contributed by atoms with Gasteiger partial charge in [0.05, 0.1) is 17.0 Å². The molecule has 11 nitrogen and oxygen atoms in total. The molecule has 0 aliphatic rings. The molecule has 0 spiro atoms. The number of hydrogen-bond acceptors (Lipinski definition) is 9. The summed E-state index contributed by atoms with van der Waals surface area (Å²) < 4.78 is 48.4. The standard InChI is InChI=1S/C12H5Br2FINO3.C6H2BrF2NO2.C6H4BrIO.CH2O3.2K.H/c13-6-1-2-10(9(16)4-6)20-11-5-7(14)3-8(15)12(11)17(18)19;7-3-1-4(8)6(10(11)12)5(9)2-3;7-4-1-2-6(9)5(8)3-4;2-1-4-3;;;/h1-5H;1-2H;1-3,9H;1,3H;;;/q;;;;2*+1;-1/p-1. The fourth-order valence-corrected chi connectivity index (χ4v) is 6.19. The molecular weight excluding hydrogens is 1180 g/mol. The predicted octanol–water partition coefficient (Wildman–Crippen LogP) is 3.61. The number of nitro groups is 2. The van der Waals surface area contributed by atoms with Crippen LogP contribution in [0.5, 0.6) is 17.2 Å². The number of benzene rings is 4. The molecule has 4 aromatic carbocycles. The molecule has 4 rings (SSSR count). The van der Waals surface area contributed by atoms with Gasteiger partial charge in [-0.25, -0.2) is 0 Å². The molecule has 47 heavy (non-hydrogen) atoms. The van der Waals surface area contributed by atoms with Gasteiger partial charge in [-0.15, -0.1) is 0 Å². The Kier molecular flexibility index (Phi) is 27.8. The minimum absolute atomic E-state index is 0. The van der Waals surface area contributed by atoms with Crippen LogP contribution in [0, 0.1) is 44.8 Å². The van der Waals surface area contributed by atoms with Crippen LogP contribution in [0.15, 0.2) is 78.6 Å². The van der Waals surface area contributed by atoms with Crippen molar-refractivity contribution in [3.05, 3.63) is 123 Å². The van der Waals surface area contributed by atoms with Gasteiger partial charge in [0, 0.05) is 24.0 Å². The Bertz CT molecular complexity index is 1690. The summed E-state index contributed by atoms with van der Waals surface area (Å²) in [4.78, 5) is 30.4. The van der Waals surface area contributed by atoms with Crippen LogP contribution in [0.25, 0.3) is 0 Å². The maximum Gasteiger partial charge on any atom is 1.00 e. The first kappa shape index (κ1) is 50.3. The predicted molar refractivity (Wildman–Crippen MR) is 185 cm³/mol. The van der Waals surface area contributed by atoms with Crippen molar-refractivity contribution < 1.29 is 152 Å². The number of carbonyl (C=O) groups excluding carboxylic acids is 1. The zero-order valence-corrected chi connectivity index (χ0v) is 40.3. The normalized spacial score (nSPS) is 9.23. The molecule has 0 fully saturated rings. The van der Waals surface area contributed by atoms with Gasteiger partial charge in [-0.3, -0.25) is 25.0 Å². The number of halogens is 9. The summed E-state index contributed by atoms with van der Waals surface area (Å²) in [6.07, 6.45) is 0. The number of rotatable bonds is 5. The quantitative estimate of drug-likeness (QED) is 0.0786. The van der Waals surface area contributed by atoms with Crippen LogP contribution in [0.1, 0.15) is 1.43 Å². The van der Waals surface area contributed by atoms with Gasteiger partial charge in [-0.05, 0) is 99.8 Å². The fraction of sp³-hybridized carbons (Fsp3) is 0. The summed E-state index contributed by atoms with van der Waals surface area (Å²) >= 11 is 16.6. The van der Waals surface area contributed by atoms with Crippen molar-refractivity contribution in [2.24, 2.45) is 0 Å². The number of aromatic hydroxyl groups is 1. The smallest absolute Gasteiger partial charge is 1.00 e. The van der Waals surface area contributed by atoms with Gasteiger partial charge in [-0.2, -0.15) is 13.2 Å².